The Morgan fingerprint density at radius 2 is 1.76 bits per heavy atom. The molecule has 1 aliphatic rings. The van der Waals surface area contributed by atoms with Gasteiger partial charge in [-0.25, -0.2) is 9.59 Å². The Bertz CT molecular complexity index is 438. The summed E-state index contributed by atoms with van der Waals surface area (Å²) in [5.41, 5.74) is -0.637. The summed E-state index contributed by atoms with van der Waals surface area (Å²) in [4.78, 5) is 50.5. The van der Waals surface area contributed by atoms with E-state index in [4.69, 9.17) is 9.57 Å². The molecule has 0 aromatic rings. The molecule has 118 valence electrons. The number of carbonyl (C=O) groups excluding carboxylic acids is 4. The number of amides is 3. The van der Waals surface area contributed by atoms with Crippen molar-refractivity contribution in [3.63, 3.8) is 0 Å². The minimum absolute atomic E-state index is 0.0238. The fourth-order valence-electron chi connectivity index (χ4n) is 1.47. The molecule has 8 nitrogen and oxygen atoms in total. The van der Waals surface area contributed by atoms with Gasteiger partial charge in [0.05, 0.1) is 5.92 Å². The van der Waals surface area contributed by atoms with E-state index in [1.54, 1.807) is 20.8 Å². The van der Waals surface area contributed by atoms with Gasteiger partial charge in [0.25, 0.3) is 11.8 Å². The van der Waals surface area contributed by atoms with Crippen molar-refractivity contribution in [3.05, 3.63) is 0 Å². The third-order valence-corrected chi connectivity index (χ3v) is 2.54. The maximum Gasteiger partial charge on any atom is 0.407 e. The molecule has 1 N–H and O–H groups in total. The molecule has 1 saturated heterocycles. The van der Waals surface area contributed by atoms with E-state index in [9.17, 15) is 19.2 Å². The highest BCUT2D eigenvalue weighted by molar-refractivity contribution is 6.01. The van der Waals surface area contributed by atoms with Gasteiger partial charge in [0, 0.05) is 19.4 Å². The van der Waals surface area contributed by atoms with Gasteiger partial charge >= 0.3 is 12.1 Å². The summed E-state index contributed by atoms with van der Waals surface area (Å²) in [6.45, 7) is 6.63. The molecular weight excluding hydrogens is 280 g/mol. The van der Waals surface area contributed by atoms with Crippen molar-refractivity contribution in [3.8, 4) is 0 Å². The molecule has 21 heavy (non-hydrogen) atoms. The predicted octanol–water partition coefficient (Wildman–Crippen LogP) is 0.754. The van der Waals surface area contributed by atoms with Crippen LogP contribution in [0.1, 0.15) is 40.5 Å². The lowest BCUT2D eigenvalue weighted by molar-refractivity contribution is -0.200. The van der Waals surface area contributed by atoms with Crippen molar-refractivity contribution in [2.24, 2.45) is 5.92 Å². The lowest BCUT2D eigenvalue weighted by atomic mass is 10.2. The Morgan fingerprint density at radius 3 is 2.24 bits per heavy atom. The van der Waals surface area contributed by atoms with Gasteiger partial charge in [0.2, 0.25) is 0 Å². The zero-order valence-electron chi connectivity index (χ0n) is 12.6. The van der Waals surface area contributed by atoms with E-state index in [2.05, 4.69) is 5.32 Å². The summed E-state index contributed by atoms with van der Waals surface area (Å²) < 4.78 is 5.01. The summed E-state index contributed by atoms with van der Waals surface area (Å²) in [7, 11) is 0. The Balaban J connectivity index is 2.39. The molecular formula is C13H20N2O6. The first-order chi connectivity index (χ1) is 9.60. The number of hydroxylamine groups is 2. The molecule has 0 radical (unpaired) electrons. The van der Waals surface area contributed by atoms with E-state index in [0.717, 1.165) is 0 Å². The first-order valence-corrected chi connectivity index (χ1v) is 6.64. The fraction of sp³-hybridized carbons (Fsp3) is 0.692. The Kier molecular flexibility index (Phi) is 5.28. The molecule has 0 aliphatic carbocycles. The monoisotopic (exact) mass is 300 g/mol. The normalized spacial score (nSPS) is 16.7. The first-order valence-electron chi connectivity index (χ1n) is 6.64. The first kappa shape index (κ1) is 16.9. The van der Waals surface area contributed by atoms with Gasteiger partial charge in [0.1, 0.15) is 5.60 Å². The van der Waals surface area contributed by atoms with Crippen LogP contribution in [0.2, 0.25) is 0 Å². The highest BCUT2D eigenvalue weighted by atomic mass is 16.7. The predicted molar refractivity (Wildman–Crippen MR) is 70.6 cm³/mol. The largest absolute Gasteiger partial charge is 0.444 e. The molecule has 0 unspecified atom stereocenters. The van der Waals surface area contributed by atoms with Crippen LogP contribution in [0.3, 0.4) is 0 Å². The number of alkyl carbamates (subject to hydrolysis) is 1. The van der Waals surface area contributed by atoms with Crippen molar-refractivity contribution in [1.82, 2.24) is 10.4 Å². The number of hydrogen-bond donors (Lipinski definition) is 1. The van der Waals surface area contributed by atoms with Crippen LogP contribution < -0.4 is 5.32 Å². The molecule has 1 aliphatic heterocycles. The zero-order chi connectivity index (χ0) is 16.2. The SMILES string of the molecule is C[C@H](CNC(=O)OC(C)(C)C)C(=O)ON1C(=O)CCC1=O. The van der Waals surface area contributed by atoms with Crippen molar-refractivity contribution < 1.29 is 28.8 Å². The van der Waals surface area contributed by atoms with Gasteiger partial charge in [-0.3, -0.25) is 9.59 Å². The summed E-state index contributed by atoms with van der Waals surface area (Å²) >= 11 is 0. The van der Waals surface area contributed by atoms with Crippen LogP contribution >= 0.6 is 0 Å². The summed E-state index contributed by atoms with van der Waals surface area (Å²) in [5.74, 6) is -2.57. The molecule has 0 aromatic heterocycles. The van der Waals surface area contributed by atoms with Crippen molar-refractivity contribution in [2.45, 2.75) is 46.1 Å². The molecule has 1 fully saturated rings. The third kappa shape index (κ3) is 5.41. The highest BCUT2D eigenvalue weighted by Crippen LogP contribution is 2.13. The molecule has 0 bridgehead atoms. The number of imide groups is 1. The van der Waals surface area contributed by atoms with Gasteiger partial charge in [0.15, 0.2) is 0 Å². The second kappa shape index (κ2) is 6.55. The molecule has 0 aromatic carbocycles. The standard InChI is InChI=1S/C13H20N2O6/c1-8(7-14-12(19)20-13(2,3)4)11(18)21-15-9(16)5-6-10(15)17/h8H,5-7H2,1-4H3,(H,14,19)/t8-/m1/s1. The molecule has 1 rings (SSSR count). The van der Waals surface area contributed by atoms with E-state index in [1.807, 2.05) is 0 Å². The van der Waals surface area contributed by atoms with Crippen molar-refractivity contribution in [2.75, 3.05) is 6.54 Å². The smallest absolute Gasteiger partial charge is 0.407 e. The van der Waals surface area contributed by atoms with Gasteiger partial charge < -0.3 is 14.9 Å². The third-order valence-electron chi connectivity index (χ3n) is 2.54. The zero-order valence-corrected chi connectivity index (χ0v) is 12.6. The number of hydrogen-bond acceptors (Lipinski definition) is 6. The van der Waals surface area contributed by atoms with Crippen LogP contribution in [0, 0.1) is 5.92 Å². The second-order valence-electron chi connectivity index (χ2n) is 5.78. The Hall–Kier alpha value is -2.12. The Morgan fingerprint density at radius 1 is 1.24 bits per heavy atom. The quantitative estimate of drug-likeness (QED) is 0.769. The number of rotatable bonds is 4. The van der Waals surface area contributed by atoms with Crippen LogP contribution in [-0.2, 0) is 24.0 Å². The van der Waals surface area contributed by atoms with E-state index in [-0.39, 0.29) is 19.4 Å². The maximum atomic E-state index is 11.7. The van der Waals surface area contributed by atoms with Gasteiger partial charge in [-0.05, 0) is 20.8 Å². The molecule has 3 amide bonds. The van der Waals surface area contributed by atoms with Crippen molar-refractivity contribution >= 4 is 23.9 Å². The van der Waals surface area contributed by atoms with Crippen LogP contribution in [0.15, 0.2) is 0 Å². The molecule has 0 spiro atoms. The molecule has 8 heteroatoms. The number of carbonyl (C=O) groups is 4. The Labute approximate surface area is 122 Å². The second-order valence-corrected chi connectivity index (χ2v) is 5.78. The van der Waals surface area contributed by atoms with E-state index >= 15 is 0 Å². The van der Waals surface area contributed by atoms with Crippen LogP contribution in [0.25, 0.3) is 0 Å². The van der Waals surface area contributed by atoms with E-state index in [0.29, 0.717) is 5.06 Å². The van der Waals surface area contributed by atoms with Crippen LogP contribution in [-0.4, -0.2) is 41.1 Å². The number of nitrogens with one attached hydrogen (secondary N) is 1. The van der Waals surface area contributed by atoms with Gasteiger partial charge in [-0.1, -0.05) is 6.92 Å². The number of ether oxygens (including phenoxy) is 1. The lowest BCUT2D eigenvalue weighted by Gasteiger charge is -2.21. The average molecular weight is 300 g/mol. The average Bonchev–Trinajstić information content (AvgIpc) is 2.65. The topological polar surface area (TPSA) is 102 Å². The highest BCUT2D eigenvalue weighted by Gasteiger charge is 2.34. The summed E-state index contributed by atoms with van der Waals surface area (Å²) in [6, 6.07) is 0. The minimum Gasteiger partial charge on any atom is -0.444 e. The lowest BCUT2D eigenvalue weighted by Crippen LogP contribution is -2.39. The van der Waals surface area contributed by atoms with Crippen molar-refractivity contribution in [1.29, 1.82) is 0 Å². The molecule has 1 heterocycles. The van der Waals surface area contributed by atoms with E-state index in [1.165, 1.54) is 6.92 Å². The van der Waals surface area contributed by atoms with Crippen LogP contribution in [0.5, 0.6) is 0 Å². The minimum atomic E-state index is -0.769. The van der Waals surface area contributed by atoms with Gasteiger partial charge in [-0.2, -0.15) is 0 Å². The molecule has 0 saturated carbocycles. The van der Waals surface area contributed by atoms with E-state index < -0.39 is 35.4 Å². The summed E-state index contributed by atoms with van der Waals surface area (Å²) in [5, 5.41) is 2.90. The number of nitrogens with zero attached hydrogens (tertiary/aromatic N) is 1. The fourth-order valence-corrected chi connectivity index (χ4v) is 1.47. The summed E-state index contributed by atoms with van der Waals surface area (Å²) in [6.07, 6.45) is -0.580. The maximum absolute atomic E-state index is 11.7. The molecule has 1 atom stereocenters. The van der Waals surface area contributed by atoms with Crippen LogP contribution in [0.4, 0.5) is 4.79 Å². The van der Waals surface area contributed by atoms with Gasteiger partial charge in [-0.15, -0.1) is 5.06 Å².